The monoisotopic (exact) mass is 183 g/mol. The lowest BCUT2D eigenvalue weighted by atomic mass is 9.67. The van der Waals surface area contributed by atoms with Gasteiger partial charge in [-0.1, -0.05) is 27.7 Å². The van der Waals surface area contributed by atoms with Crippen molar-refractivity contribution in [1.29, 1.82) is 0 Å². The molecule has 1 atom stereocenters. The van der Waals surface area contributed by atoms with Crippen molar-refractivity contribution in [3.8, 4) is 0 Å². The summed E-state index contributed by atoms with van der Waals surface area (Å²) in [5.41, 5.74) is 0.952. The molecule has 1 fully saturated rings. The Labute approximate surface area is 83.5 Å². The van der Waals surface area contributed by atoms with Crippen LogP contribution in [0.25, 0.3) is 0 Å². The van der Waals surface area contributed by atoms with Crippen molar-refractivity contribution in [2.24, 2.45) is 10.8 Å². The van der Waals surface area contributed by atoms with Crippen LogP contribution in [0.15, 0.2) is 0 Å². The molecule has 0 N–H and O–H groups in total. The van der Waals surface area contributed by atoms with E-state index in [2.05, 4.69) is 46.4 Å². The third kappa shape index (κ3) is 2.07. The fourth-order valence-corrected chi connectivity index (χ4v) is 2.05. The van der Waals surface area contributed by atoms with Gasteiger partial charge < -0.3 is 4.90 Å². The smallest absolute Gasteiger partial charge is 0.00435 e. The van der Waals surface area contributed by atoms with E-state index in [-0.39, 0.29) is 0 Å². The Kier molecular flexibility index (Phi) is 2.78. The van der Waals surface area contributed by atoms with Crippen LogP contribution >= 0.6 is 0 Å². The van der Waals surface area contributed by atoms with Crippen molar-refractivity contribution in [1.82, 2.24) is 4.90 Å². The highest BCUT2D eigenvalue weighted by molar-refractivity contribution is 4.95. The first kappa shape index (κ1) is 11.0. The van der Waals surface area contributed by atoms with E-state index in [0.717, 1.165) is 0 Å². The molecule has 1 saturated heterocycles. The fourth-order valence-electron chi connectivity index (χ4n) is 2.05. The highest BCUT2D eigenvalue weighted by Gasteiger charge is 2.43. The zero-order valence-corrected chi connectivity index (χ0v) is 10.1. The second-order valence-corrected chi connectivity index (χ2v) is 6.12. The Morgan fingerprint density at radius 1 is 1.23 bits per heavy atom. The second-order valence-electron chi connectivity index (χ2n) is 6.12. The van der Waals surface area contributed by atoms with E-state index < -0.39 is 0 Å². The SMILES string of the molecule is CC(C)N1CCC(C)(C(C)(C)C)C1. The first-order valence-electron chi connectivity index (χ1n) is 5.50. The highest BCUT2D eigenvalue weighted by Crippen LogP contribution is 2.45. The van der Waals surface area contributed by atoms with Crippen LogP contribution in [0.4, 0.5) is 0 Å². The molecule has 1 aliphatic rings. The lowest BCUT2D eigenvalue weighted by Crippen LogP contribution is -2.37. The maximum Gasteiger partial charge on any atom is 0.00435 e. The van der Waals surface area contributed by atoms with Gasteiger partial charge in [-0.3, -0.25) is 0 Å². The summed E-state index contributed by atoms with van der Waals surface area (Å²) in [5, 5.41) is 0. The van der Waals surface area contributed by atoms with Gasteiger partial charge in [-0.25, -0.2) is 0 Å². The summed E-state index contributed by atoms with van der Waals surface area (Å²) in [6.07, 6.45) is 1.36. The predicted molar refractivity (Wildman–Crippen MR) is 58.9 cm³/mol. The minimum Gasteiger partial charge on any atom is -0.300 e. The van der Waals surface area contributed by atoms with Crippen LogP contribution in [0.2, 0.25) is 0 Å². The number of likely N-dealkylation sites (tertiary alicyclic amines) is 1. The minimum atomic E-state index is 0.441. The third-order valence-electron chi connectivity index (χ3n) is 4.04. The summed E-state index contributed by atoms with van der Waals surface area (Å²) < 4.78 is 0. The molecule has 1 rings (SSSR count). The van der Waals surface area contributed by atoms with Gasteiger partial charge >= 0.3 is 0 Å². The molecule has 78 valence electrons. The van der Waals surface area contributed by atoms with Gasteiger partial charge in [0.15, 0.2) is 0 Å². The molecule has 0 aromatic heterocycles. The Hall–Kier alpha value is -0.0400. The molecule has 0 aliphatic carbocycles. The standard InChI is InChI=1S/C12H25N/c1-10(2)13-8-7-12(6,9-13)11(3,4)5/h10H,7-9H2,1-6H3. The van der Waals surface area contributed by atoms with Gasteiger partial charge in [0.2, 0.25) is 0 Å². The van der Waals surface area contributed by atoms with Crippen molar-refractivity contribution in [2.75, 3.05) is 13.1 Å². The van der Waals surface area contributed by atoms with E-state index in [0.29, 0.717) is 16.9 Å². The lowest BCUT2D eigenvalue weighted by molar-refractivity contribution is 0.108. The Morgan fingerprint density at radius 3 is 2.00 bits per heavy atom. The van der Waals surface area contributed by atoms with Gasteiger partial charge in [0.05, 0.1) is 0 Å². The molecular formula is C12H25N. The van der Waals surface area contributed by atoms with E-state index in [1.807, 2.05) is 0 Å². The zero-order chi connectivity index (χ0) is 10.3. The summed E-state index contributed by atoms with van der Waals surface area (Å²) in [6.45, 7) is 16.7. The number of rotatable bonds is 1. The van der Waals surface area contributed by atoms with E-state index in [1.165, 1.54) is 19.5 Å². The topological polar surface area (TPSA) is 3.24 Å². The predicted octanol–water partition coefficient (Wildman–Crippen LogP) is 3.15. The van der Waals surface area contributed by atoms with Crippen LogP contribution in [-0.2, 0) is 0 Å². The molecule has 1 heterocycles. The van der Waals surface area contributed by atoms with Crippen molar-refractivity contribution < 1.29 is 0 Å². The van der Waals surface area contributed by atoms with Crippen molar-refractivity contribution in [3.63, 3.8) is 0 Å². The summed E-state index contributed by atoms with van der Waals surface area (Å²) in [7, 11) is 0. The van der Waals surface area contributed by atoms with Crippen LogP contribution in [0.5, 0.6) is 0 Å². The Balaban J connectivity index is 2.67. The largest absolute Gasteiger partial charge is 0.300 e. The average Bonchev–Trinajstić information content (AvgIpc) is 2.31. The molecule has 0 bridgehead atoms. The number of hydrogen-bond donors (Lipinski definition) is 0. The van der Waals surface area contributed by atoms with Gasteiger partial charge in [0.25, 0.3) is 0 Å². The highest BCUT2D eigenvalue weighted by atomic mass is 15.2. The van der Waals surface area contributed by atoms with Crippen LogP contribution in [0.1, 0.15) is 48.0 Å². The van der Waals surface area contributed by atoms with Crippen molar-refractivity contribution >= 4 is 0 Å². The van der Waals surface area contributed by atoms with Gasteiger partial charge in [-0.2, -0.15) is 0 Å². The molecule has 1 heteroatoms. The van der Waals surface area contributed by atoms with Gasteiger partial charge in [0.1, 0.15) is 0 Å². The lowest BCUT2D eigenvalue weighted by Gasteiger charge is -2.39. The van der Waals surface area contributed by atoms with Crippen LogP contribution in [-0.4, -0.2) is 24.0 Å². The molecule has 1 aliphatic heterocycles. The Bertz CT molecular complexity index is 178. The third-order valence-corrected chi connectivity index (χ3v) is 4.04. The second kappa shape index (κ2) is 3.27. The van der Waals surface area contributed by atoms with Gasteiger partial charge in [0, 0.05) is 12.6 Å². The fraction of sp³-hybridized carbons (Fsp3) is 1.00. The minimum absolute atomic E-state index is 0.441. The maximum atomic E-state index is 2.60. The van der Waals surface area contributed by atoms with E-state index in [1.54, 1.807) is 0 Å². The van der Waals surface area contributed by atoms with E-state index in [9.17, 15) is 0 Å². The van der Waals surface area contributed by atoms with Crippen molar-refractivity contribution in [3.05, 3.63) is 0 Å². The molecule has 1 unspecified atom stereocenters. The average molecular weight is 183 g/mol. The first-order chi connectivity index (χ1) is 5.76. The number of hydrogen-bond acceptors (Lipinski definition) is 1. The Morgan fingerprint density at radius 2 is 1.77 bits per heavy atom. The van der Waals surface area contributed by atoms with Crippen LogP contribution in [0, 0.1) is 10.8 Å². The normalized spacial score (nSPS) is 31.6. The van der Waals surface area contributed by atoms with Crippen LogP contribution < -0.4 is 0 Å². The molecule has 1 nitrogen and oxygen atoms in total. The summed E-state index contributed by atoms with van der Waals surface area (Å²) in [6, 6.07) is 0.712. The molecular weight excluding hydrogens is 158 g/mol. The molecule has 0 radical (unpaired) electrons. The zero-order valence-electron chi connectivity index (χ0n) is 10.1. The maximum absolute atomic E-state index is 2.60. The number of nitrogens with zero attached hydrogens (tertiary/aromatic N) is 1. The van der Waals surface area contributed by atoms with Crippen molar-refractivity contribution in [2.45, 2.75) is 54.0 Å². The molecule has 0 amide bonds. The molecule has 0 saturated carbocycles. The quantitative estimate of drug-likeness (QED) is 0.603. The van der Waals surface area contributed by atoms with E-state index in [4.69, 9.17) is 0 Å². The molecule has 0 aromatic rings. The molecule has 0 spiro atoms. The summed E-state index contributed by atoms with van der Waals surface area (Å²) in [5.74, 6) is 0. The summed E-state index contributed by atoms with van der Waals surface area (Å²) >= 11 is 0. The van der Waals surface area contributed by atoms with Gasteiger partial charge in [-0.15, -0.1) is 0 Å². The van der Waals surface area contributed by atoms with Crippen LogP contribution in [0.3, 0.4) is 0 Å². The molecule has 13 heavy (non-hydrogen) atoms. The molecule has 0 aromatic carbocycles. The first-order valence-corrected chi connectivity index (χ1v) is 5.50. The summed E-state index contributed by atoms with van der Waals surface area (Å²) in [4.78, 5) is 2.60. The van der Waals surface area contributed by atoms with E-state index >= 15 is 0 Å². The van der Waals surface area contributed by atoms with Gasteiger partial charge in [-0.05, 0) is 37.6 Å².